The van der Waals surface area contributed by atoms with E-state index in [4.69, 9.17) is 0 Å². The summed E-state index contributed by atoms with van der Waals surface area (Å²) >= 11 is 5.01. The minimum absolute atomic E-state index is 0.0794. The summed E-state index contributed by atoms with van der Waals surface area (Å²) in [7, 11) is 4.05. The minimum Gasteiger partial charge on any atom is -0.369 e. The summed E-state index contributed by atoms with van der Waals surface area (Å²) in [5.74, 6) is -2.53. The Bertz CT molecular complexity index is 739. The van der Waals surface area contributed by atoms with Gasteiger partial charge in [0, 0.05) is 25.9 Å². The predicted octanol–water partition coefficient (Wildman–Crippen LogP) is 5.98. The Morgan fingerprint density at radius 3 is 2.50 bits per heavy atom. The fourth-order valence-corrected chi connectivity index (χ4v) is 5.97. The first-order chi connectivity index (χ1) is 12.3. The predicted molar refractivity (Wildman–Crippen MR) is 111 cm³/mol. The molecule has 1 aliphatic heterocycles. The normalized spacial score (nSPS) is 16.9. The van der Waals surface area contributed by atoms with E-state index >= 15 is 0 Å². The van der Waals surface area contributed by atoms with Gasteiger partial charge in [0.2, 0.25) is 0 Å². The zero-order chi connectivity index (χ0) is 18.7. The minimum atomic E-state index is -2.53. The molecule has 8 heteroatoms. The van der Waals surface area contributed by atoms with Crippen LogP contribution >= 0.6 is 35.2 Å². The third-order valence-electron chi connectivity index (χ3n) is 4.14. The van der Waals surface area contributed by atoms with Gasteiger partial charge in [-0.05, 0) is 68.7 Å². The van der Waals surface area contributed by atoms with Crippen molar-refractivity contribution in [3.05, 3.63) is 35.9 Å². The number of aryl methyl sites for hydroxylation is 1. The van der Waals surface area contributed by atoms with Crippen LogP contribution in [0.5, 0.6) is 0 Å². The van der Waals surface area contributed by atoms with Crippen molar-refractivity contribution < 1.29 is 8.78 Å². The van der Waals surface area contributed by atoms with Gasteiger partial charge in [0.15, 0.2) is 0 Å². The summed E-state index contributed by atoms with van der Waals surface area (Å²) in [4.78, 5) is 2.08. The van der Waals surface area contributed by atoms with Crippen LogP contribution in [0.1, 0.15) is 18.4 Å². The molecule has 1 fully saturated rings. The van der Waals surface area contributed by atoms with E-state index in [1.807, 2.05) is 39.2 Å². The second-order valence-corrected chi connectivity index (χ2v) is 10.3. The highest BCUT2D eigenvalue weighted by Crippen LogP contribution is 2.39. The number of benzene rings is 1. The topological polar surface area (TPSA) is 18.5 Å². The van der Waals surface area contributed by atoms with E-state index in [2.05, 4.69) is 26.1 Å². The summed E-state index contributed by atoms with van der Waals surface area (Å²) in [5, 5.41) is 0. The van der Waals surface area contributed by atoms with Crippen LogP contribution in [0.25, 0.3) is 0 Å². The van der Waals surface area contributed by atoms with Crippen LogP contribution in [0.4, 0.5) is 20.2 Å². The molecule has 1 aromatic heterocycles. The number of para-hydroxylation sites is 1. The van der Waals surface area contributed by atoms with E-state index in [9.17, 15) is 8.78 Å². The number of nitrogens with zero attached hydrogens (tertiary/aromatic N) is 2. The summed E-state index contributed by atoms with van der Waals surface area (Å²) in [6.45, 7) is 2.81. The number of alkyl halides is 2. The molecular formula is C18H23F2N3S3. The summed E-state index contributed by atoms with van der Waals surface area (Å²) in [6.07, 6.45) is -0.159. The van der Waals surface area contributed by atoms with Gasteiger partial charge in [0.25, 0.3) is 5.92 Å². The van der Waals surface area contributed by atoms with E-state index in [-0.39, 0.29) is 12.8 Å². The molecule has 1 saturated heterocycles. The summed E-state index contributed by atoms with van der Waals surface area (Å²) in [5.41, 5.74) is 3.13. The lowest BCUT2D eigenvalue weighted by Crippen LogP contribution is -2.39. The van der Waals surface area contributed by atoms with Gasteiger partial charge >= 0.3 is 0 Å². The van der Waals surface area contributed by atoms with Gasteiger partial charge < -0.3 is 9.62 Å². The number of nitrogens with one attached hydrogen (secondary N) is 1. The fraction of sp³-hybridized carbons (Fsp3) is 0.444. The Labute approximate surface area is 166 Å². The maximum atomic E-state index is 13.5. The number of rotatable bonds is 6. The zero-order valence-corrected chi connectivity index (χ0v) is 17.5. The van der Waals surface area contributed by atoms with E-state index in [0.29, 0.717) is 13.1 Å². The highest BCUT2D eigenvalue weighted by Gasteiger charge is 2.34. The third-order valence-corrected chi connectivity index (χ3v) is 7.13. The van der Waals surface area contributed by atoms with Crippen LogP contribution < -0.4 is 9.62 Å². The molecule has 3 rings (SSSR count). The molecule has 0 spiro atoms. The molecule has 3 nitrogen and oxygen atoms in total. The Kier molecular flexibility index (Phi) is 6.37. The molecule has 26 heavy (non-hydrogen) atoms. The molecule has 2 aromatic rings. The molecule has 0 atom stereocenters. The summed E-state index contributed by atoms with van der Waals surface area (Å²) < 4.78 is 34.9. The first-order valence-electron chi connectivity index (χ1n) is 8.44. The molecule has 2 heterocycles. The molecule has 0 radical (unpaired) electrons. The molecule has 1 aromatic carbocycles. The number of hydrogen-bond donors (Lipinski definition) is 1. The van der Waals surface area contributed by atoms with Crippen molar-refractivity contribution in [2.24, 2.45) is 0 Å². The third kappa shape index (κ3) is 5.06. The lowest BCUT2D eigenvalue weighted by molar-refractivity contribution is -0.0220. The van der Waals surface area contributed by atoms with Crippen molar-refractivity contribution >= 4 is 46.6 Å². The Balaban J connectivity index is 1.70. The van der Waals surface area contributed by atoms with E-state index in [1.54, 1.807) is 35.2 Å². The SMILES string of the molecule is Cc1cccc(NSc2ccc(SN(C)C)s2)c1N1CCC(F)(F)CC1. The maximum Gasteiger partial charge on any atom is 0.251 e. The Morgan fingerprint density at radius 2 is 1.81 bits per heavy atom. The smallest absolute Gasteiger partial charge is 0.251 e. The Morgan fingerprint density at radius 1 is 1.12 bits per heavy atom. The zero-order valence-electron chi connectivity index (χ0n) is 15.1. The Hall–Kier alpha value is -0.960. The van der Waals surface area contributed by atoms with Crippen molar-refractivity contribution in [1.29, 1.82) is 0 Å². The van der Waals surface area contributed by atoms with Crippen molar-refractivity contribution in [2.45, 2.75) is 34.1 Å². The molecule has 1 N–H and O–H groups in total. The van der Waals surface area contributed by atoms with Gasteiger partial charge in [-0.3, -0.25) is 4.31 Å². The van der Waals surface area contributed by atoms with Crippen LogP contribution in [-0.2, 0) is 0 Å². The average Bonchev–Trinajstić information content (AvgIpc) is 3.00. The second-order valence-electron chi connectivity index (χ2n) is 6.50. The molecule has 0 amide bonds. The van der Waals surface area contributed by atoms with Crippen LogP contribution in [-0.4, -0.2) is 37.4 Å². The maximum absolute atomic E-state index is 13.5. The van der Waals surface area contributed by atoms with E-state index in [1.165, 1.54) is 8.42 Å². The standard InChI is InChI=1S/C18H23F2N3S3/c1-13-5-4-6-14(17(13)23-11-9-18(19,20)10-12-23)21-25-15-7-8-16(24-15)26-22(2)3/h4-8,21H,9-12H2,1-3H3. The molecule has 1 aliphatic rings. The first-order valence-corrected chi connectivity index (χ1v) is 10.8. The van der Waals surface area contributed by atoms with Gasteiger partial charge in [-0.1, -0.05) is 12.1 Å². The fourth-order valence-electron chi connectivity index (χ4n) is 2.91. The highest BCUT2D eigenvalue weighted by atomic mass is 32.2. The van der Waals surface area contributed by atoms with Crippen molar-refractivity contribution in [1.82, 2.24) is 4.31 Å². The highest BCUT2D eigenvalue weighted by molar-refractivity contribution is 8.03. The molecule has 0 bridgehead atoms. The van der Waals surface area contributed by atoms with E-state index in [0.717, 1.165) is 16.9 Å². The van der Waals surface area contributed by atoms with Crippen LogP contribution in [0.2, 0.25) is 0 Å². The number of thiophene rings is 1. The van der Waals surface area contributed by atoms with Gasteiger partial charge in [-0.15, -0.1) is 11.3 Å². The van der Waals surface area contributed by atoms with Gasteiger partial charge in [-0.25, -0.2) is 8.78 Å². The number of hydrogen-bond acceptors (Lipinski definition) is 6. The largest absolute Gasteiger partial charge is 0.369 e. The second kappa shape index (κ2) is 8.37. The molecule has 0 unspecified atom stereocenters. The molecule has 0 saturated carbocycles. The number of piperidine rings is 1. The van der Waals surface area contributed by atoms with Gasteiger partial charge in [0.1, 0.15) is 0 Å². The average molecular weight is 416 g/mol. The van der Waals surface area contributed by atoms with Crippen LogP contribution in [0, 0.1) is 6.92 Å². The van der Waals surface area contributed by atoms with Crippen LogP contribution in [0.15, 0.2) is 38.8 Å². The summed E-state index contributed by atoms with van der Waals surface area (Å²) in [6, 6.07) is 10.3. The lowest BCUT2D eigenvalue weighted by atomic mass is 10.0. The number of anilines is 2. The van der Waals surface area contributed by atoms with Crippen molar-refractivity contribution in [3.63, 3.8) is 0 Å². The quantitative estimate of drug-likeness (QED) is 0.583. The van der Waals surface area contributed by atoms with Crippen molar-refractivity contribution in [3.8, 4) is 0 Å². The molecule has 142 valence electrons. The molecular weight excluding hydrogens is 392 g/mol. The molecule has 0 aliphatic carbocycles. The van der Waals surface area contributed by atoms with E-state index < -0.39 is 5.92 Å². The van der Waals surface area contributed by atoms with Crippen molar-refractivity contribution in [2.75, 3.05) is 36.8 Å². The number of halogens is 2. The monoisotopic (exact) mass is 415 g/mol. The van der Waals surface area contributed by atoms with Gasteiger partial charge in [-0.2, -0.15) is 0 Å². The van der Waals surface area contributed by atoms with Gasteiger partial charge in [0.05, 0.1) is 19.8 Å². The first kappa shape index (κ1) is 19.8. The lowest BCUT2D eigenvalue weighted by Gasteiger charge is -2.35. The van der Waals surface area contributed by atoms with Crippen LogP contribution in [0.3, 0.4) is 0 Å².